The molecule has 0 saturated heterocycles. The van der Waals surface area contributed by atoms with Gasteiger partial charge in [0.05, 0.1) is 0 Å². The number of nitriles is 1. The number of hydrogen-bond acceptors (Lipinski definition) is 3. The zero-order chi connectivity index (χ0) is 11.4. The van der Waals surface area contributed by atoms with Crippen molar-refractivity contribution in [1.29, 1.82) is 5.26 Å². The van der Waals surface area contributed by atoms with Crippen LogP contribution in [0.1, 0.15) is 5.56 Å². The number of nitrogens with zero attached hydrogens (tertiary/aromatic N) is 2. The third kappa shape index (κ3) is 2.49. The summed E-state index contributed by atoms with van der Waals surface area (Å²) in [4.78, 5) is 3.87. The fraction of sp³-hybridized carbons (Fsp3) is 0. The van der Waals surface area contributed by atoms with Gasteiger partial charge in [0.2, 0.25) is 0 Å². The molecule has 0 N–H and O–H groups in total. The summed E-state index contributed by atoms with van der Waals surface area (Å²) in [5.74, 6) is 1.24. The van der Waals surface area contributed by atoms with Crippen molar-refractivity contribution >= 4 is 22.6 Å². The van der Waals surface area contributed by atoms with Gasteiger partial charge in [-0.25, -0.2) is 0 Å². The molecule has 2 rings (SSSR count). The second-order valence-corrected chi connectivity index (χ2v) is 4.29. The van der Waals surface area contributed by atoms with Gasteiger partial charge >= 0.3 is 0 Å². The van der Waals surface area contributed by atoms with Crippen molar-refractivity contribution in [2.24, 2.45) is 0 Å². The van der Waals surface area contributed by atoms with E-state index in [2.05, 4.69) is 27.6 Å². The van der Waals surface area contributed by atoms with E-state index in [0.29, 0.717) is 11.3 Å². The Balaban J connectivity index is 2.31. The standard InChI is InChI=1S/C12H7IN2O/c13-10-2-1-3-11(6-10)16-12-4-5-15-8-9(12)7-14/h1-6,8H. The largest absolute Gasteiger partial charge is 0.456 e. The maximum absolute atomic E-state index is 8.88. The molecule has 1 aromatic carbocycles. The smallest absolute Gasteiger partial charge is 0.148 e. The van der Waals surface area contributed by atoms with Crippen LogP contribution in [0.25, 0.3) is 0 Å². The van der Waals surface area contributed by atoms with Crippen molar-refractivity contribution in [2.45, 2.75) is 0 Å². The summed E-state index contributed by atoms with van der Waals surface area (Å²) in [6.45, 7) is 0. The molecule has 0 aliphatic rings. The molecule has 0 bridgehead atoms. The third-order valence-electron chi connectivity index (χ3n) is 1.93. The van der Waals surface area contributed by atoms with Gasteiger partial charge in [0.25, 0.3) is 0 Å². The second kappa shape index (κ2) is 4.94. The van der Waals surface area contributed by atoms with Gasteiger partial charge in [0.1, 0.15) is 23.1 Å². The summed E-state index contributed by atoms with van der Waals surface area (Å²) in [6, 6.07) is 11.4. The Bertz CT molecular complexity index is 549. The van der Waals surface area contributed by atoms with Crippen LogP contribution in [0.4, 0.5) is 0 Å². The lowest BCUT2D eigenvalue weighted by molar-refractivity contribution is 0.480. The summed E-state index contributed by atoms with van der Waals surface area (Å²) < 4.78 is 6.70. The van der Waals surface area contributed by atoms with E-state index < -0.39 is 0 Å². The Kier molecular flexibility index (Phi) is 3.37. The summed E-state index contributed by atoms with van der Waals surface area (Å²) in [7, 11) is 0. The number of hydrogen-bond donors (Lipinski definition) is 0. The van der Waals surface area contributed by atoms with E-state index in [1.165, 1.54) is 6.20 Å². The number of pyridine rings is 1. The van der Waals surface area contributed by atoms with Gasteiger partial charge in [-0.05, 0) is 40.8 Å². The Morgan fingerprint density at radius 2 is 2.19 bits per heavy atom. The van der Waals surface area contributed by atoms with Crippen molar-refractivity contribution in [3.05, 3.63) is 51.9 Å². The van der Waals surface area contributed by atoms with E-state index >= 15 is 0 Å². The van der Waals surface area contributed by atoms with Gasteiger partial charge in [0, 0.05) is 22.0 Å². The van der Waals surface area contributed by atoms with Gasteiger partial charge in [-0.3, -0.25) is 4.98 Å². The Morgan fingerprint density at radius 1 is 1.31 bits per heavy atom. The maximum Gasteiger partial charge on any atom is 0.148 e. The number of rotatable bonds is 2. The minimum Gasteiger partial charge on any atom is -0.456 e. The number of ether oxygens (including phenoxy) is 1. The lowest BCUT2D eigenvalue weighted by atomic mass is 10.3. The van der Waals surface area contributed by atoms with Gasteiger partial charge in [-0.2, -0.15) is 5.26 Å². The highest BCUT2D eigenvalue weighted by atomic mass is 127. The third-order valence-corrected chi connectivity index (χ3v) is 2.60. The molecule has 0 unspecified atom stereocenters. The fourth-order valence-electron chi connectivity index (χ4n) is 1.21. The van der Waals surface area contributed by atoms with Crippen LogP contribution in [0.5, 0.6) is 11.5 Å². The van der Waals surface area contributed by atoms with Crippen LogP contribution in [0.15, 0.2) is 42.7 Å². The predicted octanol–water partition coefficient (Wildman–Crippen LogP) is 3.35. The first kappa shape index (κ1) is 10.9. The summed E-state index contributed by atoms with van der Waals surface area (Å²) in [6.07, 6.45) is 3.09. The lowest BCUT2D eigenvalue weighted by Gasteiger charge is -2.06. The monoisotopic (exact) mass is 322 g/mol. The van der Waals surface area contributed by atoms with Crippen molar-refractivity contribution in [3.8, 4) is 17.6 Å². The quantitative estimate of drug-likeness (QED) is 0.797. The van der Waals surface area contributed by atoms with Crippen LogP contribution in [0.2, 0.25) is 0 Å². The van der Waals surface area contributed by atoms with E-state index in [9.17, 15) is 0 Å². The molecule has 0 saturated carbocycles. The fourth-order valence-corrected chi connectivity index (χ4v) is 1.73. The number of halogens is 1. The average Bonchev–Trinajstić information content (AvgIpc) is 2.30. The van der Waals surface area contributed by atoms with Gasteiger partial charge < -0.3 is 4.74 Å². The van der Waals surface area contributed by atoms with E-state index in [4.69, 9.17) is 10.00 Å². The van der Waals surface area contributed by atoms with Crippen LogP contribution in [-0.4, -0.2) is 4.98 Å². The van der Waals surface area contributed by atoms with Gasteiger partial charge in [-0.15, -0.1) is 0 Å². The topological polar surface area (TPSA) is 45.9 Å². The molecule has 0 atom stereocenters. The lowest BCUT2D eigenvalue weighted by Crippen LogP contribution is -1.89. The molecule has 0 fully saturated rings. The molecule has 0 amide bonds. The van der Waals surface area contributed by atoms with Crippen LogP contribution < -0.4 is 4.74 Å². The normalized spacial score (nSPS) is 9.50. The van der Waals surface area contributed by atoms with Crippen molar-refractivity contribution in [3.63, 3.8) is 0 Å². The summed E-state index contributed by atoms with van der Waals surface area (Å²) >= 11 is 2.21. The first-order valence-electron chi connectivity index (χ1n) is 4.57. The summed E-state index contributed by atoms with van der Waals surface area (Å²) in [5.41, 5.74) is 0.432. The molecule has 0 radical (unpaired) electrons. The van der Waals surface area contributed by atoms with Crippen LogP contribution in [-0.2, 0) is 0 Å². The summed E-state index contributed by atoms with van der Waals surface area (Å²) in [5, 5.41) is 8.88. The van der Waals surface area contributed by atoms with E-state index in [1.54, 1.807) is 12.3 Å². The Labute approximate surface area is 107 Å². The predicted molar refractivity (Wildman–Crippen MR) is 68.2 cm³/mol. The molecule has 3 nitrogen and oxygen atoms in total. The molecule has 2 aromatic rings. The first-order valence-corrected chi connectivity index (χ1v) is 5.65. The first-order chi connectivity index (χ1) is 7.79. The maximum atomic E-state index is 8.88. The Morgan fingerprint density at radius 3 is 2.94 bits per heavy atom. The molecule has 4 heteroatoms. The van der Waals surface area contributed by atoms with E-state index in [0.717, 1.165) is 9.32 Å². The highest BCUT2D eigenvalue weighted by Crippen LogP contribution is 2.24. The molecule has 16 heavy (non-hydrogen) atoms. The van der Waals surface area contributed by atoms with Gasteiger partial charge in [-0.1, -0.05) is 6.07 Å². The second-order valence-electron chi connectivity index (χ2n) is 3.04. The molecule has 0 spiro atoms. The molecule has 1 aromatic heterocycles. The molecular weight excluding hydrogens is 315 g/mol. The van der Waals surface area contributed by atoms with E-state index in [-0.39, 0.29) is 0 Å². The molecule has 0 aliphatic heterocycles. The zero-order valence-electron chi connectivity index (χ0n) is 8.22. The average molecular weight is 322 g/mol. The molecular formula is C12H7IN2O. The highest BCUT2D eigenvalue weighted by molar-refractivity contribution is 14.1. The zero-order valence-corrected chi connectivity index (χ0v) is 10.4. The minimum atomic E-state index is 0.432. The van der Waals surface area contributed by atoms with Crippen LogP contribution in [0.3, 0.4) is 0 Å². The van der Waals surface area contributed by atoms with Crippen LogP contribution >= 0.6 is 22.6 Å². The molecule has 78 valence electrons. The Hall–Kier alpha value is -1.61. The van der Waals surface area contributed by atoms with Crippen LogP contribution in [0, 0.1) is 14.9 Å². The highest BCUT2D eigenvalue weighted by Gasteiger charge is 2.03. The number of aromatic nitrogens is 1. The van der Waals surface area contributed by atoms with Crippen molar-refractivity contribution in [1.82, 2.24) is 4.98 Å². The van der Waals surface area contributed by atoms with Crippen molar-refractivity contribution in [2.75, 3.05) is 0 Å². The molecule has 1 heterocycles. The van der Waals surface area contributed by atoms with E-state index in [1.807, 2.05) is 30.3 Å². The van der Waals surface area contributed by atoms with Crippen molar-refractivity contribution < 1.29 is 4.74 Å². The minimum absolute atomic E-state index is 0.432. The SMILES string of the molecule is N#Cc1cnccc1Oc1cccc(I)c1. The van der Waals surface area contributed by atoms with Gasteiger partial charge in [0.15, 0.2) is 0 Å². The molecule has 0 aliphatic carbocycles. The number of benzene rings is 1.